The summed E-state index contributed by atoms with van der Waals surface area (Å²) in [7, 11) is 0. The highest BCUT2D eigenvalue weighted by atomic mass is 19.3. The van der Waals surface area contributed by atoms with Gasteiger partial charge in [-0.1, -0.05) is 6.92 Å². The number of aliphatic hydroxyl groups excluding tert-OH is 1. The summed E-state index contributed by atoms with van der Waals surface area (Å²) in [5.41, 5.74) is 0. The van der Waals surface area contributed by atoms with Gasteiger partial charge in [-0.15, -0.1) is 0 Å². The van der Waals surface area contributed by atoms with Crippen molar-refractivity contribution in [1.29, 1.82) is 0 Å². The lowest BCUT2D eigenvalue weighted by molar-refractivity contribution is -0.0285. The Bertz CT molecular complexity index is 236. The molecule has 0 saturated heterocycles. The summed E-state index contributed by atoms with van der Waals surface area (Å²) in [4.78, 5) is 0. The maximum absolute atomic E-state index is 11.8. The first kappa shape index (κ1) is 17.8. The Hall–Kier alpha value is -0.300. The fourth-order valence-corrected chi connectivity index (χ4v) is 2.29. The van der Waals surface area contributed by atoms with Crippen molar-refractivity contribution in [3.8, 4) is 0 Å². The van der Waals surface area contributed by atoms with Crippen LogP contribution in [0.5, 0.6) is 0 Å². The summed E-state index contributed by atoms with van der Waals surface area (Å²) < 4.78 is 33.9. The van der Waals surface area contributed by atoms with Gasteiger partial charge in [0.15, 0.2) is 0 Å². The maximum atomic E-state index is 11.8. The monoisotopic (exact) mass is 295 g/mol. The standard InChI is InChI=1S/C14H27F2NO3/c1-11-2-4-13(5-3-11)20-9-12(18)8-17-6-7-19-10-14(15)16/h11-14,17-18H,2-10H2,1H3. The number of ether oxygens (including phenoxy) is 2. The van der Waals surface area contributed by atoms with E-state index < -0.39 is 19.1 Å². The van der Waals surface area contributed by atoms with Crippen LogP contribution in [-0.2, 0) is 9.47 Å². The lowest BCUT2D eigenvalue weighted by atomic mass is 9.89. The summed E-state index contributed by atoms with van der Waals surface area (Å²) in [6.07, 6.45) is 1.82. The van der Waals surface area contributed by atoms with Crippen LogP contribution in [0.15, 0.2) is 0 Å². The van der Waals surface area contributed by atoms with Crippen LogP contribution in [0.25, 0.3) is 0 Å². The molecule has 1 aliphatic rings. The molecule has 4 nitrogen and oxygen atoms in total. The van der Waals surface area contributed by atoms with Crippen LogP contribution in [0, 0.1) is 5.92 Å². The highest BCUT2D eigenvalue weighted by Gasteiger charge is 2.19. The van der Waals surface area contributed by atoms with Crippen LogP contribution in [0.2, 0.25) is 0 Å². The molecule has 1 saturated carbocycles. The molecule has 0 heterocycles. The number of hydrogen-bond acceptors (Lipinski definition) is 4. The first-order chi connectivity index (χ1) is 9.58. The van der Waals surface area contributed by atoms with Gasteiger partial charge in [-0.2, -0.15) is 0 Å². The van der Waals surface area contributed by atoms with Gasteiger partial charge in [-0.25, -0.2) is 8.78 Å². The zero-order valence-electron chi connectivity index (χ0n) is 12.2. The molecule has 0 aromatic rings. The third kappa shape index (κ3) is 8.79. The number of aliphatic hydroxyl groups is 1. The Kier molecular flexibility index (Phi) is 9.26. The summed E-state index contributed by atoms with van der Waals surface area (Å²) >= 11 is 0. The number of halogens is 2. The topological polar surface area (TPSA) is 50.7 Å². The summed E-state index contributed by atoms with van der Waals surface area (Å²) in [5.74, 6) is 0.787. The van der Waals surface area contributed by atoms with Crippen LogP contribution < -0.4 is 5.32 Å². The molecule has 20 heavy (non-hydrogen) atoms. The van der Waals surface area contributed by atoms with Crippen LogP contribution in [-0.4, -0.2) is 56.7 Å². The molecule has 0 aromatic heterocycles. The van der Waals surface area contributed by atoms with Crippen molar-refractivity contribution in [2.24, 2.45) is 5.92 Å². The lowest BCUT2D eigenvalue weighted by Crippen LogP contribution is -2.34. The van der Waals surface area contributed by atoms with Crippen LogP contribution in [0.3, 0.4) is 0 Å². The Morgan fingerprint density at radius 3 is 2.55 bits per heavy atom. The third-order valence-electron chi connectivity index (χ3n) is 3.53. The minimum Gasteiger partial charge on any atom is -0.389 e. The average Bonchev–Trinajstić information content (AvgIpc) is 2.41. The van der Waals surface area contributed by atoms with E-state index in [4.69, 9.17) is 9.47 Å². The van der Waals surface area contributed by atoms with Crippen molar-refractivity contribution in [2.75, 3.05) is 32.9 Å². The Morgan fingerprint density at radius 2 is 1.90 bits per heavy atom. The van der Waals surface area contributed by atoms with E-state index in [1.165, 1.54) is 12.8 Å². The van der Waals surface area contributed by atoms with Gasteiger partial charge in [0.05, 0.1) is 25.4 Å². The highest BCUT2D eigenvalue weighted by molar-refractivity contribution is 4.71. The molecule has 0 radical (unpaired) electrons. The molecule has 0 aromatic carbocycles. The van der Waals surface area contributed by atoms with Crippen molar-refractivity contribution in [2.45, 2.75) is 51.2 Å². The SMILES string of the molecule is CC1CCC(OCC(O)CNCCOCC(F)F)CC1. The van der Waals surface area contributed by atoms with Crippen LogP contribution in [0.4, 0.5) is 8.78 Å². The quantitative estimate of drug-likeness (QED) is 0.604. The van der Waals surface area contributed by atoms with Gasteiger partial charge in [0.25, 0.3) is 6.43 Å². The van der Waals surface area contributed by atoms with E-state index in [0.717, 1.165) is 18.8 Å². The average molecular weight is 295 g/mol. The van der Waals surface area contributed by atoms with Crippen molar-refractivity contribution >= 4 is 0 Å². The molecule has 6 heteroatoms. The second kappa shape index (κ2) is 10.4. The normalized spacial score (nSPS) is 25.1. The summed E-state index contributed by atoms with van der Waals surface area (Å²) in [6, 6.07) is 0. The predicted molar refractivity (Wildman–Crippen MR) is 73.1 cm³/mol. The van der Waals surface area contributed by atoms with Crippen molar-refractivity contribution in [3.05, 3.63) is 0 Å². The molecule has 0 amide bonds. The number of hydrogen-bond donors (Lipinski definition) is 2. The predicted octanol–water partition coefficient (Wildman–Crippen LogP) is 1.81. The van der Waals surface area contributed by atoms with Gasteiger partial charge < -0.3 is 19.9 Å². The number of alkyl halides is 2. The smallest absolute Gasteiger partial charge is 0.261 e. The molecule has 1 unspecified atom stereocenters. The minimum atomic E-state index is -2.42. The highest BCUT2D eigenvalue weighted by Crippen LogP contribution is 2.25. The van der Waals surface area contributed by atoms with Gasteiger partial charge in [-0.05, 0) is 31.6 Å². The minimum absolute atomic E-state index is 0.221. The molecule has 1 aliphatic carbocycles. The van der Waals surface area contributed by atoms with E-state index in [1.54, 1.807) is 0 Å². The second-order valence-corrected chi connectivity index (χ2v) is 5.54. The molecular formula is C14H27F2NO3. The molecule has 0 bridgehead atoms. The van der Waals surface area contributed by atoms with Crippen LogP contribution in [0.1, 0.15) is 32.6 Å². The summed E-state index contributed by atoms with van der Waals surface area (Å²) in [5, 5.41) is 12.7. The molecule has 0 spiro atoms. The molecule has 1 rings (SSSR count). The molecule has 2 N–H and O–H groups in total. The van der Waals surface area contributed by atoms with E-state index in [0.29, 0.717) is 19.7 Å². The second-order valence-electron chi connectivity index (χ2n) is 5.54. The first-order valence-electron chi connectivity index (χ1n) is 7.44. The van der Waals surface area contributed by atoms with Gasteiger partial charge >= 0.3 is 0 Å². The van der Waals surface area contributed by atoms with Crippen molar-refractivity contribution in [3.63, 3.8) is 0 Å². The first-order valence-corrected chi connectivity index (χ1v) is 7.44. The maximum Gasteiger partial charge on any atom is 0.261 e. The van der Waals surface area contributed by atoms with E-state index in [1.807, 2.05) is 0 Å². The zero-order valence-corrected chi connectivity index (χ0v) is 12.2. The van der Waals surface area contributed by atoms with E-state index >= 15 is 0 Å². The van der Waals surface area contributed by atoms with Gasteiger partial charge in [-0.3, -0.25) is 0 Å². The Labute approximate surface area is 119 Å². The zero-order chi connectivity index (χ0) is 14.8. The van der Waals surface area contributed by atoms with Crippen molar-refractivity contribution in [1.82, 2.24) is 5.32 Å². The van der Waals surface area contributed by atoms with E-state index in [9.17, 15) is 13.9 Å². The molecule has 120 valence electrons. The fourth-order valence-electron chi connectivity index (χ4n) is 2.29. The molecule has 0 aliphatic heterocycles. The molecule has 1 fully saturated rings. The van der Waals surface area contributed by atoms with E-state index in [2.05, 4.69) is 12.2 Å². The van der Waals surface area contributed by atoms with E-state index in [-0.39, 0.29) is 12.7 Å². The molecular weight excluding hydrogens is 268 g/mol. The third-order valence-corrected chi connectivity index (χ3v) is 3.53. The Morgan fingerprint density at radius 1 is 1.20 bits per heavy atom. The number of nitrogens with one attached hydrogen (secondary N) is 1. The summed E-state index contributed by atoms with van der Waals surface area (Å²) in [6.45, 7) is 3.10. The Balaban J connectivity index is 1.91. The van der Waals surface area contributed by atoms with Gasteiger partial charge in [0.1, 0.15) is 6.61 Å². The number of rotatable bonds is 10. The largest absolute Gasteiger partial charge is 0.389 e. The fraction of sp³-hybridized carbons (Fsp3) is 1.00. The lowest BCUT2D eigenvalue weighted by Gasteiger charge is -2.27. The van der Waals surface area contributed by atoms with Gasteiger partial charge in [0, 0.05) is 13.1 Å². The molecule has 1 atom stereocenters. The van der Waals surface area contributed by atoms with Crippen molar-refractivity contribution < 1.29 is 23.4 Å². The van der Waals surface area contributed by atoms with Crippen LogP contribution >= 0.6 is 0 Å². The van der Waals surface area contributed by atoms with Gasteiger partial charge in [0.2, 0.25) is 0 Å².